The molecular formula is C24H33O2Si. The summed E-state index contributed by atoms with van der Waals surface area (Å²) in [5, 5.41) is 12.0. The predicted molar refractivity (Wildman–Crippen MR) is 115 cm³/mol. The van der Waals surface area contributed by atoms with Gasteiger partial charge in [-0.3, -0.25) is 0 Å². The number of rotatable bonds is 6. The molecule has 1 N–H and O–H groups in total. The standard InChI is InChI=1S/C24H33O2Si/c1-24(2,3)21-13-15-23(16-14-21)27(22-7-5-4-6-8-22)26-18-20-11-9-19(17-25)10-12-20/h4-8,13-16,19-20,25H,9-12,17-18H2,1-3H3. The van der Waals surface area contributed by atoms with Crippen molar-refractivity contribution in [3.8, 4) is 0 Å². The van der Waals surface area contributed by atoms with Gasteiger partial charge in [0, 0.05) is 13.2 Å². The van der Waals surface area contributed by atoms with Crippen molar-refractivity contribution in [2.24, 2.45) is 11.8 Å². The topological polar surface area (TPSA) is 29.5 Å². The second-order valence-corrected chi connectivity index (χ2v) is 11.0. The second kappa shape index (κ2) is 9.18. The van der Waals surface area contributed by atoms with Crippen molar-refractivity contribution < 1.29 is 9.53 Å². The van der Waals surface area contributed by atoms with Crippen molar-refractivity contribution in [1.82, 2.24) is 0 Å². The largest absolute Gasteiger partial charge is 0.407 e. The van der Waals surface area contributed by atoms with Crippen LogP contribution in [0.25, 0.3) is 0 Å². The zero-order valence-electron chi connectivity index (χ0n) is 16.9. The highest BCUT2D eigenvalue weighted by Gasteiger charge is 2.25. The minimum atomic E-state index is -1.23. The molecule has 2 aromatic carbocycles. The van der Waals surface area contributed by atoms with Gasteiger partial charge >= 0.3 is 0 Å². The van der Waals surface area contributed by atoms with E-state index in [1.54, 1.807) is 0 Å². The Kier molecular flexibility index (Phi) is 6.91. The van der Waals surface area contributed by atoms with E-state index in [0.717, 1.165) is 19.4 Å². The number of benzene rings is 2. The van der Waals surface area contributed by atoms with Crippen LogP contribution in [0.15, 0.2) is 54.6 Å². The van der Waals surface area contributed by atoms with Gasteiger partial charge in [-0.2, -0.15) is 0 Å². The monoisotopic (exact) mass is 381 g/mol. The highest BCUT2D eigenvalue weighted by molar-refractivity contribution is 6.80. The molecule has 2 nitrogen and oxygen atoms in total. The Labute approximate surface area is 166 Å². The summed E-state index contributed by atoms with van der Waals surface area (Å²) in [5.41, 5.74) is 1.53. The van der Waals surface area contributed by atoms with Gasteiger partial charge in [-0.25, -0.2) is 0 Å². The lowest BCUT2D eigenvalue weighted by atomic mass is 9.83. The number of hydrogen-bond donors (Lipinski definition) is 1. The van der Waals surface area contributed by atoms with Gasteiger partial charge in [-0.15, -0.1) is 0 Å². The highest BCUT2D eigenvalue weighted by Crippen LogP contribution is 2.28. The number of aliphatic hydroxyl groups is 1. The number of aliphatic hydroxyl groups excluding tert-OH is 1. The van der Waals surface area contributed by atoms with Crippen molar-refractivity contribution in [3.63, 3.8) is 0 Å². The summed E-state index contributed by atoms with van der Waals surface area (Å²) >= 11 is 0. The average molecular weight is 382 g/mol. The predicted octanol–water partition coefficient (Wildman–Crippen LogP) is 3.91. The molecule has 0 unspecified atom stereocenters. The van der Waals surface area contributed by atoms with Crippen LogP contribution in [-0.2, 0) is 9.84 Å². The molecule has 0 heterocycles. The molecule has 0 spiro atoms. The fraction of sp³-hybridized carbons (Fsp3) is 0.500. The zero-order chi connectivity index (χ0) is 19.3. The smallest absolute Gasteiger partial charge is 0.282 e. The van der Waals surface area contributed by atoms with Crippen LogP contribution in [0, 0.1) is 11.8 Å². The molecule has 0 aromatic heterocycles. The quantitative estimate of drug-likeness (QED) is 0.769. The van der Waals surface area contributed by atoms with Gasteiger partial charge in [0.15, 0.2) is 0 Å². The van der Waals surface area contributed by atoms with E-state index in [-0.39, 0.29) is 5.41 Å². The highest BCUT2D eigenvalue weighted by atomic mass is 28.3. The molecule has 0 bridgehead atoms. The summed E-state index contributed by atoms with van der Waals surface area (Å²) in [4.78, 5) is 0. The Morgan fingerprint density at radius 1 is 0.852 bits per heavy atom. The average Bonchev–Trinajstić information content (AvgIpc) is 2.69. The van der Waals surface area contributed by atoms with Gasteiger partial charge in [0.25, 0.3) is 9.04 Å². The second-order valence-electron chi connectivity index (χ2n) is 8.90. The van der Waals surface area contributed by atoms with Crippen LogP contribution in [0.3, 0.4) is 0 Å². The molecular weight excluding hydrogens is 348 g/mol. The molecule has 3 heteroatoms. The van der Waals surface area contributed by atoms with Gasteiger partial charge in [-0.1, -0.05) is 75.4 Å². The van der Waals surface area contributed by atoms with Gasteiger partial charge in [0.1, 0.15) is 0 Å². The summed E-state index contributed by atoms with van der Waals surface area (Å²) < 4.78 is 6.59. The minimum Gasteiger partial charge on any atom is -0.407 e. The van der Waals surface area contributed by atoms with E-state index in [4.69, 9.17) is 4.43 Å². The Hall–Kier alpha value is -1.42. The van der Waals surface area contributed by atoms with E-state index in [1.807, 2.05) is 0 Å². The third-order valence-corrected chi connectivity index (χ3v) is 7.91. The maximum Gasteiger partial charge on any atom is 0.282 e. The van der Waals surface area contributed by atoms with E-state index in [9.17, 15) is 5.11 Å². The van der Waals surface area contributed by atoms with Crippen molar-refractivity contribution in [3.05, 3.63) is 60.2 Å². The van der Waals surface area contributed by atoms with Gasteiger partial charge < -0.3 is 9.53 Å². The lowest BCUT2D eigenvalue weighted by molar-refractivity contribution is 0.140. The first-order chi connectivity index (χ1) is 13.0. The van der Waals surface area contributed by atoms with E-state index in [2.05, 4.69) is 75.4 Å². The number of hydrogen-bond acceptors (Lipinski definition) is 2. The maximum absolute atomic E-state index is 9.35. The molecule has 1 aliphatic rings. The van der Waals surface area contributed by atoms with E-state index in [0.29, 0.717) is 18.4 Å². The van der Waals surface area contributed by atoms with Gasteiger partial charge in [-0.05, 0) is 58.9 Å². The summed E-state index contributed by atoms with van der Waals surface area (Å²) in [7, 11) is -1.23. The molecule has 1 fully saturated rings. The maximum atomic E-state index is 9.35. The summed E-state index contributed by atoms with van der Waals surface area (Å²) in [6, 6.07) is 19.8. The normalized spacial score (nSPS) is 20.8. The van der Waals surface area contributed by atoms with E-state index < -0.39 is 9.04 Å². The minimum absolute atomic E-state index is 0.171. The molecule has 1 aliphatic carbocycles. The Morgan fingerprint density at radius 3 is 1.96 bits per heavy atom. The third kappa shape index (κ3) is 5.53. The molecule has 0 aliphatic heterocycles. The Balaban J connectivity index is 1.72. The van der Waals surface area contributed by atoms with Crippen LogP contribution in [-0.4, -0.2) is 27.4 Å². The first-order valence-electron chi connectivity index (χ1n) is 10.2. The molecule has 0 atom stereocenters. The lowest BCUT2D eigenvalue weighted by Gasteiger charge is -2.28. The summed E-state index contributed by atoms with van der Waals surface area (Å²) in [5.74, 6) is 1.13. The summed E-state index contributed by atoms with van der Waals surface area (Å²) in [6.07, 6.45) is 4.63. The van der Waals surface area contributed by atoms with Crippen molar-refractivity contribution in [2.75, 3.05) is 13.2 Å². The van der Waals surface area contributed by atoms with Crippen LogP contribution in [0.4, 0.5) is 0 Å². The molecule has 3 rings (SSSR count). The van der Waals surface area contributed by atoms with Gasteiger partial charge in [0.2, 0.25) is 0 Å². The van der Waals surface area contributed by atoms with Crippen molar-refractivity contribution >= 4 is 19.4 Å². The van der Waals surface area contributed by atoms with Crippen LogP contribution in [0.1, 0.15) is 52.0 Å². The van der Waals surface area contributed by atoms with E-state index in [1.165, 1.54) is 28.8 Å². The van der Waals surface area contributed by atoms with Crippen LogP contribution >= 0.6 is 0 Å². The first kappa shape index (κ1) is 20.3. The third-order valence-electron chi connectivity index (χ3n) is 5.74. The molecule has 1 radical (unpaired) electrons. The molecule has 1 saturated carbocycles. The fourth-order valence-electron chi connectivity index (χ4n) is 3.83. The first-order valence-corrected chi connectivity index (χ1v) is 11.6. The van der Waals surface area contributed by atoms with E-state index >= 15 is 0 Å². The zero-order valence-corrected chi connectivity index (χ0v) is 17.9. The Morgan fingerprint density at radius 2 is 1.41 bits per heavy atom. The van der Waals surface area contributed by atoms with Crippen molar-refractivity contribution in [1.29, 1.82) is 0 Å². The Bertz CT molecular complexity index is 683. The fourth-order valence-corrected chi connectivity index (χ4v) is 5.86. The molecule has 27 heavy (non-hydrogen) atoms. The van der Waals surface area contributed by atoms with Crippen molar-refractivity contribution in [2.45, 2.75) is 51.9 Å². The SMILES string of the molecule is CC(C)(C)c1ccc([Si](OCC2CCC(CO)CC2)c2ccccc2)cc1. The lowest BCUT2D eigenvalue weighted by Crippen LogP contribution is -2.46. The molecule has 145 valence electrons. The molecule has 0 amide bonds. The van der Waals surface area contributed by atoms with Crippen LogP contribution in [0.2, 0.25) is 0 Å². The van der Waals surface area contributed by atoms with Crippen LogP contribution < -0.4 is 10.4 Å². The van der Waals surface area contributed by atoms with Gasteiger partial charge in [0.05, 0.1) is 0 Å². The molecule has 2 aromatic rings. The summed E-state index contributed by atoms with van der Waals surface area (Å²) in [6.45, 7) is 7.94. The van der Waals surface area contributed by atoms with Crippen LogP contribution in [0.5, 0.6) is 0 Å². The molecule has 0 saturated heterocycles.